The van der Waals surface area contributed by atoms with E-state index in [4.69, 9.17) is 23.1 Å². The second-order valence-electron chi connectivity index (χ2n) is 8.42. The molecule has 2 fully saturated rings. The van der Waals surface area contributed by atoms with Crippen LogP contribution in [-0.4, -0.2) is 47.5 Å². The fourth-order valence-corrected chi connectivity index (χ4v) is 4.15. The van der Waals surface area contributed by atoms with Gasteiger partial charge in [-0.1, -0.05) is 11.6 Å². The molecule has 1 atom stereocenters. The molecular weight excluding hydrogens is 506 g/mol. The number of hydrogen-bond donors (Lipinski definition) is 4. The number of benzene rings is 1. The molecular formula is C22H26ClF4N7O2. The molecule has 4 rings (SSSR count). The molecule has 196 valence electrons. The van der Waals surface area contributed by atoms with E-state index in [1.54, 1.807) is 4.90 Å². The topological polar surface area (TPSA) is 139 Å². The third-order valence-corrected chi connectivity index (χ3v) is 6.06. The minimum Gasteiger partial charge on any atom is -0.381 e. The molecule has 2 saturated heterocycles. The predicted molar refractivity (Wildman–Crippen MR) is 127 cm³/mol. The second kappa shape index (κ2) is 11.6. The van der Waals surface area contributed by atoms with Crippen molar-refractivity contribution in [2.24, 2.45) is 11.7 Å². The average molecular weight is 532 g/mol. The van der Waals surface area contributed by atoms with Crippen molar-refractivity contribution in [2.45, 2.75) is 37.9 Å². The maximum absolute atomic E-state index is 13.7. The Hall–Kier alpha value is -3.35. The number of piperidine rings is 2. The van der Waals surface area contributed by atoms with E-state index in [0.29, 0.717) is 38.9 Å². The van der Waals surface area contributed by atoms with Crippen molar-refractivity contribution >= 4 is 40.7 Å². The molecule has 2 aliphatic rings. The Morgan fingerprint density at radius 3 is 2.47 bits per heavy atom. The number of aromatic nitrogens is 2. The van der Waals surface area contributed by atoms with Crippen LogP contribution in [-0.2, 0) is 15.8 Å². The molecule has 0 saturated carbocycles. The van der Waals surface area contributed by atoms with Gasteiger partial charge < -0.3 is 27.0 Å². The Balaban J connectivity index is 0.000000202. The van der Waals surface area contributed by atoms with Crippen molar-refractivity contribution in [3.8, 4) is 0 Å². The van der Waals surface area contributed by atoms with Gasteiger partial charge in [0.25, 0.3) is 0 Å². The van der Waals surface area contributed by atoms with Crippen LogP contribution in [0.3, 0.4) is 0 Å². The summed E-state index contributed by atoms with van der Waals surface area (Å²) in [6, 6.07) is 2.66. The number of amides is 2. The summed E-state index contributed by atoms with van der Waals surface area (Å²) < 4.78 is 51.6. The van der Waals surface area contributed by atoms with Crippen molar-refractivity contribution in [1.29, 1.82) is 0 Å². The summed E-state index contributed by atoms with van der Waals surface area (Å²) in [4.78, 5) is 31.7. The van der Waals surface area contributed by atoms with Crippen LogP contribution >= 0.6 is 11.6 Å². The van der Waals surface area contributed by atoms with Crippen LogP contribution in [0.5, 0.6) is 0 Å². The van der Waals surface area contributed by atoms with Gasteiger partial charge in [-0.15, -0.1) is 0 Å². The Bertz CT molecular complexity index is 1090. The lowest BCUT2D eigenvalue weighted by atomic mass is 9.96. The van der Waals surface area contributed by atoms with Gasteiger partial charge in [0.2, 0.25) is 17.6 Å². The first-order valence-electron chi connectivity index (χ1n) is 11.2. The zero-order chi connectivity index (χ0) is 26.5. The number of nitrogens with one attached hydrogen (secondary N) is 2. The van der Waals surface area contributed by atoms with Crippen molar-refractivity contribution in [1.82, 2.24) is 15.3 Å². The second-order valence-corrected chi connectivity index (χ2v) is 8.85. The van der Waals surface area contributed by atoms with Crippen molar-refractivity contribution in [3.63, 3.8) is 0 Å². The summed E-state index contributed by atoms with van der Waals surface area (Å²) in [5.74, 6) is -1.21. The first-order valence-corrected chi connectivity index (χ1v) is 11.6. The number of nitrogens with zero attached hydrogens (tertiary/aromatic N) is 3. The predicted octanol–water partition coefficient (Wildman–Crippen LogP) is 2.95. The van der Waals surface area contributed by atoms with E-state index in [9.17, 15) is 27.2 Å². The first-order chi connectivity index (χ1) is 17.0. The summed E-state index contributed by atoms with van der Waals surface area (Å²) in [7, 11) is 0. The standard InChI is InChI=1S/C12H12ClF3N2O.C10H14FN5O/c13-8-4-7(12(14,15)16)5-9(6-8)18-10-2-1-3-17-11(10)19;11-7-8(12)14-5-15-10(7)16-3-1-6(2-4-16)9(13)17/h4-6,10,18H,1-3H2,(H,17,19);5-6H,1-4H2,(H2,13,17)(H2,12,14,15). The smallest absolute Gasteiger partial charge is 0.381 e. The normalized spacial score (nSPS) is 18.6. The van der Waals surface area contributed by atoms with E-state index < -0.39 is 23.6 Å². The molecule has 6 N–H and O–H groups in total. The van der Waals surface area contributed by atoms with Crippen molar-refractivity contribution in [3.05, 3.63) is 40.9 Å². The van der Waals surface area contributed by atoms with Crippen LogP contribution in [0.4, 0.5) is 34.9 Å². The van der Waals surface area contributed by atoms with Crippen LogP contribution in [0.2, 0.25) is 5.02 Å². The monoisotopic (exact) mass is 531 g/mol. The number of anilines is 3. The largest absolute Gasteiger partial charge is 0.416 e. The minimum atomic E-state index is -4.46. The lowest BCUT2D eigenvalue weighted by Crippen LogP contribution is -2.44. The molecule has 2 amide bonds. The van der Waals surface area contributed by atoms with Gasteiger partial charge in [-0.2, -0.15) is 17.6 Å². The Kier molecular flexibility index (Phi) is 8.77. The number of primary amides is 1. The molecule has 2 aliphatic heterocycles. The van der Waals surface area contributed by atoms with Gasteiger partial charge in [-0.05, 0) is 43.9 Å². The van der Waals surface area contributed by atoms with Gasteiger partial charge in [0, 0.05) is 36.3 Å². The summed E-state index contributed by atoms with van der Waals surface area (Å²) in [6.45, 7) is 1.68. The van der Waals surface area contributed by atoms with E-state index in [2.05, 4.69) is 20.6 Å². The van der Waals surface area contributed by atoms with E-state index in [1.807, 2.05) is 0 Å². The number of nitrogens with two attached hydrogens (primary N) is 2. The summed E-state index contributed by atoms with van der Waals surface area (Å²) in [6.07, 6.45) is -0.642. The van der Waals surface area contributed by atoms with E-state index in [-0.39, 0.29) is 40.1 Å². The summed E-state index contributed by atoms with van der Waals surface area (Å²) >= 11 is 5.67. The van der Waals surface area contributed by atoms with E-state index >= 15 is 0 Å². The summed E-state index contributed by atoms with van der Waals surface area (Å²) in [5, 5.41) is 5.42. The molecule has 1 aromatic carbocycles. The highest BCUT2D eigenvalue weighted by molar-refractivity contribution is 6.31. The number of carbonyl (C=O) groups excluding carboxylic acids is 2. The van der Waals surface area contributed by atoms with Crippen LogP contribution in [0.15, 0.2) is 24.5 Å². The number of carbonyl (C=O) groups is 2. The third-order valence-electron chi connectivity index (χ3n) is 5.85. The van der Waals surface area contributed by atoms with Crippen LogP contribution in [0, 0.1) is 11.7 Å². The van der Waals surface area contributed by atoms with Crippen LogP contribution in [0.1, 0.15) is 31.2 Å². The Morgan fingerprint density at radius 2 is 1.86 bits per heavy atom. The molecule has 3 heterocycles. The highest BCUT2D eigenvalue weighted by Gasteiger charge is 2.32. The molecule has 36 heavy (non-hydrogen) atoms. The van der Waals surface area contributed by atoms with Crippen molar-refractivity contribution in [2.75, 3.05) is 35.6 Å². The first kappa shape index (κ1) is 27.2. The molecule has 0 radical (unpaired) electrons. The van der Waals surface area contributed by atoms with Gasteiger partial charge in [-0.3, -0.25) is 9.59 Å². The fraction of sp³-hybridized carbons (Fsp3) is 0.455. The van der Waals surface area contributed by atoms with Gasteiger partial charge in [0.05, 0.1) is 5.56 Å². The summed E-state index contributed by atoms with van der Waals surface area (Å²) in [5.41, 5.74) is 9.97. The minimum absolute atomic E-state index is 0.0199. The number of hydrogen-bond acceptors (Lipinski definition) is 7. The SMILES string of the molecule is NC(=O)C1CCN(c2ncnc(N)c2F)CC1.O=C1NCCCC1Nc1cc(Cl)cc(C(F)(F)F)c1. The molecule has 0 bridgehead atoms. The molecule has 2 aromatic rings. The number of halogens is 5. The fourth-order valence-electron chi connectivity index (χ4n) is 3.92. The average Bonchev–Trinajstić information content (AvgIpc) is 2.82. The molecule has 0 spiro atoms. The molecule has 1 unspecified atom stereocenters. The lowest BCUT2D eigenvalue weighted by molar-refractivity contribution is -0.137. The van der Waals surface area contributed by atoms with Crippen molar-refractivity contribution < 1.29 is 27.2 Å². The third kappa shape index (κ3) is 7.09. The number of rotatable bonds is 4. The highest BCUT2D eigenvalue weighted by Crippen LogP contribution is 2.33. The Labute approximate surface area is 209 Å². The maximum atomic E-state index is 13.7. The number of nitrogen functional groups attached to an aromatic ring is 1. The van der Waals surface area contributed by atoms with Crippen LogP contribution in [0.25, 0.3) is 0 Å². The molecule has 1 aromatic heterocycles. The zero-order valence-corrected chi connectivity index (χ0v) is 19.9. The van der Waals surface area contributed by atoms with Gasteiger partial charge in [0.1, 0.15) is 12.4 Å². The molecule has 0 aliphatic carbocycles. The molecule has 9 nitrogen and oxygen atoms in total. The van der Waals surface area contributed by atoms with Gasteiger partial charge >= 0.3 is 6.18 Å². The van der Waals surface area contributed by atoms with Gasteiger partial charge in [0.15, 0.2) is 11.6 Å². The zero-order valence-electron chi connectivity index (χ0n) is 19.1. The quantitative estimate of drug-likeness (QED) is 0.445. The maximum Gasteiger partial charge on any atom is 0.416 e. The number of alkyl halides is 3. The van der Waals surface area contributed by atoms with E-state index in [1.165, 1.54) is 12.4 Å². The van der Waals surface area contributed by atoms with Crippen LogP contribution < -0.4 is 27.0 Å². The Morgan fingerprint density at radius 1 is 1.17 bits per heavy atom. The van der Waals surface area contributed by atoms with Gasteiger partial charge in [-0.25, -0.2) is 9.97 Å². The molecule has 14 heteroatoms. The lowest BCUT2D eigenvalue weighted by Gasteiger charge is -2.31. The van der Waals surface area contributed by atoms with E-state index in [0.717, 1.165) is 18.6 Å². The highest BCUT2D eigenvalue weighted by atomic mass is 35.5.